The van der Waals surface area contributed by atoms with Crippen LogP contribution < -0.4 is 10.6 Å². The molecular formula is C20H13ClF3N3O2. The number of carbonyl (C=O) groups excluding carboxylic acids is 2. The van der Waals surface area contributed by atoms with E-state index in [1.165, 1.54) is 48.7 Å². The van der Waals surface area contributed by atoms with Gasteiger partial charge in [0.05, 0.1) is 5.56 Å². The van der Waals surface area contributed by atoms with Gasteiger partial charge in [0, 0.05) is 28.7 Å². The number of carbonyl (C=O) groups is 2. The summed E-state index contributed by atoms with van der Waals surface area (Å²) in [5.74, 6) is -1.07. The van der Waals surface area contributed by atoms with Crippen LogP contribution in [0.15, 0.2) is 66.9 Å². The Morgan fingerprint density at radius 2 is 1.41 bits per heavy atom. The molecule has 0 aliphatic carbocycles. The van der Waals surface area contributed by atoms with Gasteiger partial charge in [0.2, 0.25) is 0 Å². The second kappa shape index (κ2) is 8.32. The summed E-state index contributed by atoms with van der Waals surface area (Å²) in [5, 5.41) is 5.19. The summed E-state index contributed by atoms with van der Waals surface area (Å²) in [4.78, 5) is 28.5. The highest BCUT2D eigenvalue weighted by atomic mass is 35.5. The van der Waals surface area contributed by atoms with E-state index in [2.05, 4.69) is 15.6 Å². The van der Waals surface area contributed by atoms with E-state index in [4.69, 9.17) is 11.6 Å². The van der Waals surface area contributed by atoms with Gasteiger partial charge in [0.25, 0.3) is 11.8 Å². The van der Waals surface area contributed by atoms with Crippen molar-refractivity contribution in [1.82, 2.24) is 4.98 Å². The number of halogens is 4. The van der Waals surface area contributed by atoms with E-state index in [9.17, 15) is 22.8 Å². The number of amides is 2. The molecule has 3 aromatic rings. The molecule has 0 aliphatic rings. The SMILES string of the molecule is O=C(Nc1cccc(C(F)(F)F)c1)c1cccc(NC(=O)c2ccnc(Cl)c2)c1. The lowest BCUT2D eigenvalue weighted by molar-refractivity contribution is -0.137. The van der Waals surface area contributed by atoms with Crippen LogP contribution >= 0.6 is 11.6 Å². The van der Waals surface area contributed by atoms with Crippen LogP contribution in [0.4, 0.5) is 24.5 Å². The summed E-state index contributed by atoms with van der Waals surface area (Å²) in [6.07, 6.45) is -3.13. The first-order chi connectivity index (χ1) is 13.7. The van der Waals surface area contributed by atoms with E-state index in [1.807, 2.05) is 0 Å². The van der Waals surface area contributed by atoms with Crippen molar-refractivity contribution in [2.75, 3.05) is 10.6 Å². The molecule has 0 atom stereocenters. The number of nitrogens with one attached hydrogen (secondary N) is 2. The van der Waals surface area contributed by atoms with Crippen molar-refractivity contribution in [3.63, 3.8) is 0 Å². The van der Waals surface area contributed by atoms with Crippen molar-refractivity contribution in [3.05, 3.63) is 88.7 Å². The molecule has 2 aromatic carbocycles. The highest BCUT2D eigenvalue weighted by Gasteiger charge is 2.30. The molecule has 0 aliphatic heterocycles. The van der Waals surface area contributed by atoms with E-state index < -0.39 is 23.6 Å². The Kier molecular flexibility index (Phi) is 5.84. The summed E-state index contributed by atoms with van der Waals surface area (Å²) in [7, 11) is 0. The molecular weight excluding hydrogens is 407 g/mol. The maximum Gasteiger partial charge on any atom is 0.416 e. The number of nitrogens with zero attached hydrogens (tertiary/aromatic N) is 1. The molecule has 1 aromatic heterocycles. The standard InChI is InChI=1S/C20H13ClF3N3O2/c21-17-10-13(7-8-25-17)19(29)26-15-5-1-3-12(9-15)18(28)27-16-6-2-4-14(11-16)20(22,23)24/h1-11H,(H,26,29)(H,27,28). The van der Waals surface area contributed by atoms with Crippen molar-refractivity contribution in [1.29, 1.82) is 0 Å². The van der Waals surface area contributed by atoms with Gasteiger partial charge >= 0.3 is 6.18 Å². The molecule has 0 unspecified atom stereocenters. The zero-order valence-corrected chi connectivity index (χ0v) is 15.4. The van der Waals surface area contributed by atoms with Crippen LogP contribution in [0, 0.1) is 0 Å². The highest BCUT2D eigenvalue weighted by Crippen LogP contribution is 2.30. The van der Waals surface area contributed by atoms with Gasteiger partial charge in [-0.15, -0.1) is 0 Å². The predicted molar refractivity (Wildman–Crippen MR) is 103 cm³/mol. The second-order valence-corrected chi connectivity index (χ2v) is 6.32. The third-order valence-electron chi connectivity index (χ3n) is 3.82. The fourth-order valence-electron chi connectivity index (χ4n) is 2.46. The fourth-order valence-corrected chi connectivity index (χ4v) is 2.64. The normalized spacial score (nSPS) is 11.0. The van der Waals surface area contributed by atoms with Crippen LogP contribution in [0.3, 0.4) is 0 Å². The van der Waals surface area contributed by atoms with Gasteiger partial charge in [-0.25, -0.2) is 4.98 Å². The lowest BCUT2D eigenvalue weighted by Crippen LogP contribution is -2.15. The summed E-state index contributed by atoms with van der Waals surface area (Å²) >= 11 is 5.76. The largest absolute Gasteiger partial charge is 0.416 e. The third-order valence-corrected chi connectivity index (χ3v) is 4.03. The summed E-state index contributed by atoms with van der Waals surface area (Å²) < 4.78 is 38.4. The van der Waals surface area contributed by atoms with Crippen molar-refractivity contribution in [2.24, 2.45) is 0 Å². The number of pyridine rings is 1. The maximum absolute atomic E-state index is 12.8. The summed E-state index contributed by atoms with van der Waals surface area (Å²) in [5.41, 5.74) is -0.0885. The second-order valence-electron chi connectivity index (χ2n) is 5.93. The Morgan fingerprint density at radius 1 is 0.828 bits per heavy atom. The molecule has 148 valence electrons. The number of anilines is 2. The van der Waals surface area contributed by atoms with Crippen LogP contribution in [-0.2, 0) is 6.18 Å². The van der Waals surface area contributed by atoms with E-state index in [-0.39, 0.29) is 22.0 Å². The minimum Gasteiger partial charge on any atom is -0.322 e. The zero-order chi connectivity index (χ0) is 21.0. The minimum absolute atomic E-state index is 0.00527. The molecule has 0 fully saturated rings. The molecule has 9 heteroatoms. The lowest BCUT2D eigenvalue weighted by atomic mass is 10.1. The first-order valence-electron chi connectivity index (χ1n) is 8.24. The van der Waals surface area contributed by atoms with Gasteiger partial charge in [-0.2, -0.15) is 13.2 Å². The molecule has 1 heterocycles. The quantitative estimate of drug-likeness (QED) is 0.567. The van der Waals surface area contributed by atoms with Gasteiger partial charge in [0.15, 0.2) is 0 Å². The third kappa shape index (κ3) is 5.32. The number of aromatic nitrogens is 1. The molecule has 2 amide bonds. The first kappa shape index (κ1) is 20.3. The minimum atomic E-state index is -4.51. The molecule has 0 spiro atoms. The number of rotatable bonds is 4. The van der Waals surface area contributed by atoms with Gasteiger partial charge in [-0.1, -0.05) is 23.7 Å². The van der Waals surface area contributed by atoms with Gasteiger partial charge in [0.1, 0.15) is 5.15 Å². The van der Waals surface area contributed by atoms with Crippen molar-refractivity contribution < 1.29 is 22.8 Å². The van der Waals surface area contributed by atoms with Crippen LogP contribution in [0.1, 0.15) is 26.3 Å². The molecule has 0 bridgehead atoms. The van der Waals surface area contributed by atoms with E-state index in [1.54, 1.807) is 6.07 Å². The van der Waals surface area contributed by atoms with Crippen LogP contribution in [-0.4, -0.2) is 16.8 Å². The van der Waals surface area contributed by atoms with Gasteiger partial charge < -0.3 is 10.6 Å². The Labute approximate surface area is 168 Å². The van der Waals surface area contributed by atoms with Crippen LogP contribution in [0.5, 0.6) is 0 Å². The van der Waals surface area contributed by atoms with E-state index >= 15 is 0 Å². The van der Waals surface area contributed by atoms with Crippen molar-refractivity contribution in [3.8, 4) is 0 Å². The Morgan fingerprint density at radius 3 is 2.03 bits per heavy atom. The van der Waals surface area contributed by atoms with Crippen LogP contribution in [0.25, 0.3) is 0 Å². The number of alkyl halides is 3. The van der Waals surface area contributed by atoms with E-state index in [0.29, 0.717) is 5.69 Å². The Hall–Kier alpha value is -3.39. The fraction of sp³-hybridized carbons (Fsp3) is 0.0500. The molecule has 2 N–H and O–H groups in total. The molecule has 0 radical (unpaired) electrons. The predicted octanol–water partition coefficient (Wildman–Crippen LogP) is 5.26. The average molecular weight is 420 g/mol. The smallest absolute Gasteiger partial charge is 0.322 e. The van der Waals surface area contributed by atoms with Crippen molar-refractivity contribution >= 4 is 34.8 Å². The topological polar surface area (TPSA) is 71.1 Å². The molecule has 0 saturated carbocycles. The summed E-state index contributed by atoms with van der Waals surface area (Å²) in [6.45, 7) is 0. The Balaban J connectivity index is 1.74. The zero-order valence-electron chi connectivity index (χ0n) is 14.6. The monoisotopic (exact) mass is 419 g/mol. The maximum atomic E-state index is 12.8. The Bertz CT molecular complexity index is 1070. The summed E-state index contributed by atoms with van der Waals surface area (Å²) in [6, 6.07) is 13.2. The molecule has 29 heavy (non-hydrogen) atoms. The average Bonchev–Trinajstić information content (AvgIpc) is 2.68. The highest BCUT2D eigenvalue weighted by molar-refractivity contribution is 6.29. The van der Waals surface area contributed by atoms with Gasteiger partial charge in [-0.3, -0.25) is 9.59 Å². The molecule has 3 rings (SSSR count). The molecule has 0 saturated heterocycles. The lowest BCUT2D eigenvalue weighted by Gasteiger charge is -2.11. The van der Waals surface area contributed by atoms with E-state index in [0.717, 1.165) is 12.1 Å². The number of hydrogen-bond donors (Lipinski definition) is 2. The van der Waals surface area contributed by atoms with Gasteiger partial charge in [-0.05, 0) is 48.5 Å². The van der Waals surface area contributed by atoms with Crippen LogP contribution in [0.2, 0.25) is 5.15 Å². The number of hydrogen-bond acceptors (Lipinski definition) is 3. The first-order valence-corrected chi connectivity index (χ1v) is 8.62. The van der Waals surface area contributed by atoms with Crippen molar-refractivity contribution in [2.45, 2.75) is 6.18 Å². The number of benzene rings is 2. The molecule has 5 nitrogen and oxygen atoms in total.